The Hall–Kier alpha value is -3.65. The molecule has 1 N–H and O–H groups in total. The monoisotopic (exact) mass is 561 g/mol. The fourth-order valence-corrected chi connectivity index (χ4v) is 7.28. The highest BCUT2D eigenvalue weighted by molar-refractivity contribution is 5.96. The zero-order valence-corrected chi connectivity index (χ0v) is 22.8. The van der Waals surface area contributed by atoms with Crippen molar-refractivity contribution in [1.82, 2.24) is 15.1 Å². The van der Waals surface area contributed by atoms with E-state index in [1.807, 2.05) is 60.7 Å². The van der Waals surface area contributed by atoms with Crippen LogP contribution in [-0.4, -0.2) is 53.8 Å². The van der Waals surface area contributed by atoms with Crippen molar-refractivity contribution in [3.8, 4) is 0 Å². The van der Waals surface area contributed by atoms with E-state index in [0.717, 1.165) is 43.1 Å². The van der Waals surface area contributed by atoms with Crippen molar-refractivity contribution in [1.29, 1.82) is 0 Å². The van der Waals surface area contributed by atoms with Gasteiger partial charge >= 0.3 is 6.18 Å². The summed E-state index contributed by atoms with van der Waals surface area (Å²) in [7, 11) is 0. The first-order chi connectivity index (χ1) is 19.7. The number of benzene rings is 3. The number of nitrogens with zero attached hydrogens (tertiary/aromatic N) is 2. The molecule has 0 spiro atoms. The molecule has 0 unspecified atom stereocenters. The molecule has 3 aliphatic rings. The quantitative estimate of drug-likeness (QED) is 0.429. The second-order valence-corrected chi connectivity index (χ2v) is 11.7. The topological polar surface area (TPSA) is 52.7 Å². The Bertz CT molecular complexity index is 1360. The molecule has 3 fully saturated rings. The lowest BCUT2D eigenvalue weighted by atomic mass is 9.73. The van der Waals surface area contributed by atoms with Crippen molar-refractivity contribution in [2.45, 2.75) is 43.4 Å². The van der Waals surface area contributed by atoms with Gasteiger partial charge in [0.15, 0.2) is 0 Å². The second-order valence-electron chi connectivity index (χ2n) is 11.7. The zero-order valence-electron chi connectivity index (χ0n) is 22.8. The maximum atomic E-state index is 14.0. The standard InChI is InChI=1S/C33H34F3N3O2/c34-33(35,36)27-13-7-8-23(18-27)19-38-20-24-14-15-29(28(24)21-38)37-30(40)22-39-17-16-32(31(39)41,25-9-3-1-4-10-25)26-11-5-2-6-12-26/h1-13,18,24,28-29H,14-17,19-22H2,(H,37,40)/t24-,28+,29+/m0/s1. The summed E-state index contributed by atoms with van der Waals surface area (Å²) >= 11 is 0. The Morgan fingerprint density at radius 3 is 2.24 bits per heavy atom. The van der Waals surface area contributed by atoms with Gasteiger partial charge in [0, 0.05) is 32.2 Å². The highest BCUT2D eigenvalue weighted by Gasteiger charge is 2.50. The molecule has 3 atom stereocenters. The molecule has 1 saturated carbocycles. The maximum Gasteiger partial charge on any atom is 0.416 e. The minimum absolute atomic E-state index is 0.00437. The van der Waals surface area contributed by atoms with E-state index >= 15 is 0 Å². The van der Waals surface area contributed by atoms with E-state index in [-0.39, 0.29) is 30.3 Å². The molecule has 2 aliphatic heterocycles. The van der Waals surface area contributed by atoms with Crippen LogP contribution in [0.1, 0.15) is 41.5 Å². The van der Waals surface area contributed by atoms with Gasteiger partial charge in [0.2, 0.25) is 11.8 Å². The summed E-state index contributed by atoms with van der Waals surface area (Å²) in [5.41, 5.74) is 1.08. The summed E-state index contributed by atoms with van der Waals surface area (Å²) in [5.74, 6) is 0.454. The second kappa shape index (κ2) is 11.0. The minimum atomic E-state index is -4.36. The largest absolute Gasteiger partial charge is 0.416 e. The van der Waals surface area contributed by atoms with Gasteiger partial charge in [-0.15, -0.1) is 0 Å². The summed E-state index contributed by atoms with van der Waals surface area (Å²) < 4.78 is 39.4. The molecule has 1 aliphatic carbocycles. The van der Waals surface area contributed by atoms with Crippen LogP contribution in [0, 0.1) is 11.8 Å². The van der Waals surface area contributed by atoms with Gasteiger partial charge in [-0.05, 0) is 53.9 Å². The zero-order chi connectivity index (χ0) is 28.6. The van der Waals surface area contributed by atoms with E-state index in [1.165, 1.54) is 12.1 Å². The van der Waals surface area contributed by atoms with Crippen molar-refractivity contribution >= 4 is 11.8 Å². The van der Waals surface area contributed by atoms with Gasteiger partial charge < -0.3 is 10.2 Å². The molecule has 3 aromatic rings. The minimum Gasteiger partial charge on any atom is -0.351 e. The first kappa shape index (κ1) is 27.5. The van der Waals surface area contributed by atoms with Crippen LogP contribution in [0.2, 0.25) is 0 Å². The summed E-state index contributed by atoms with van der Waals surface area (Å²) in [6.45, 7) is 2.52. The third-order valence-electron chi connectivity index (χ3n) is 9.22. The van der Waals surface area contributed by atoms with Crippen LogP contribution in [0.25, 0.3) is 0 Å². The number of carbonyl (C=O) groups excluding carboxylic acids is 2. The number of carbonyl (C=O) groups is 2. The van der Waals surface area contributed by atoms with Crippen LogP contribution < -0.4 is 5.32 Å². The summed E-state index contributed by atoms with van der Waals surface area (Å²) in [5, 5.41) is 3.21. The van der Waals surface area contributed by atoms with Gasteiger partial charge in [0.25, 0.3) is 0 Å². The maximum absolute atomic E-state index is 14.0. The van der Waals surface area contributed by atoms with Crippen LogP contribution in [0.3, 0.4) is 0 Å². The van der Waals surface area contributed by atoms with Crippen LogP contribution in [-0.2, 0) is 27.7 Å². The lowest BCUT2D eigenvalue weighted by molar-refractivity contribution is -0.137. The molecular formula is C33H34F3N3O2. The number of hydrogen-bond acceptors (Lipinski definition) is 3. The fourth-order valence-electron chi connectivity index (χ4n) is 7.28. The van der Waals surface area contributed by atoms with Crippen LogP contribution >= 0.6 is 0 Å². The van der Waals surface area contributed by atoms with Crippen molar-refractivity contribution < 1.29 is 22.8 Å². The van der Waals surface area contributed by atoms with Gasteiger partial charge in [0.05, 0.1) is 12.1 Å². The number of amides is 2. The third-order valence-corrected chi connectivity index (χ3v) is 9.22. The number of halogens is 3. The fraction of sp³-hybridized carbons (Fsp3) is 0.394. The molecule has 2 heterocycles. The van der Waals surface area contributed by atoms with E-state index < -0.39 is 17.2 Å². The van der Waals surface area contributed by atoms with E-state index in [9.17, 15) is 22.8 Å². The molecule has 8 heteroatoms. The lowest BCUT2D eigenvalue weighted by Gasteiger charge is -2.29. The van der Waals surface area contributed by atoms with E-state index in [2.05, 4.69) is 10.2 Å². The molecule has 2 saturated heterocycles. The first-order valence-corrected chi connectivity index (χ1v) is 14.3. The number of rotatable bonds is 7. The number of nitrogens with one attached hydrogen (secondary N) is 1. The van der Waals surface area contributed by atoms with Crippen molar-refractivity contribution in [3.63, 3.8) is 0 Å². The highest BCUT2D eigenvalue weighted by Crippen LogP contribution is 2.42. The SMILES string of the molecule is O=C(CN1CCC(c2ccccc2)(c2ccccc2)C1=O)N[C@@H]1CC[C@H]2CN(Cc3cccc(C(F)(F)F)c3)C[C@H]21. The Balaban J connectivity index is 1.09. The molecule has 41 heavy (non-hydrogen) atoms. The Labute approximate surface area is 238 Å². The number of fused-ring (bicyclic) bond motifs is 1. The number of alkyl halides is 3. The molecule has 0 aromatic heterocycles. The van der Waals surface area contributed by atoms with Crippen LogP contribution in [0.5, 0.6) is 0 Å². The van der Waals surface area contributed by atoms with E-state index in [4.69, 9.17) is 0 Å². The molecule has 2 amide bonds. The van der Waals surface area contributed by atoms with Gasteiger partial charge in [-0.1, -0.05) is 78.9 Å². The average molecular weight is 562 g/mol. The van der Waals surface area contributed by atoms with E-state index in [0.29, 0.717) is 31.0 Å². The normalized spacial score (nSPS) is 24.0. The van der Waals surface area contributed by atoms with Crippen molar-refractivity contribution in [3.05, 3.63) is 107 Å². The molecule has 0 radical (unpaired) electrons. The van der Waals surface area contributed by atoms with Gasteiger partial charge in [-0.3, -0.25) is 14.5 Å². The predicted molar refractivity (Wildman–Crippen MR) is 150 cm³/mol. The molecule has 6 rings (SSSR count). The number of hydrogen-bond donors (Lipinski definition) is 1. The number of likely N-dealkylation sites (tertiary alicyclic amines) is 2. The molecule has 214 valence electrons. The van der Waals surface area contributed by atoms with Crippen molar-refractivity contribution in [2.24, 2.45) is 11.8 Å². The third kappa shape index (κ3) is 5.37. The smallest absolute Gasteiger partial charge is 0.351 e. The van der Waals surface area contributed by atoms with Crippen molar-refractivity contribution in [2.75, 3.05) is 26.2 Å². The highest BCUT2D eigenvalue weighted by atomic mass is 19.4. The Morgan fingerprint density at radius 2 is 1.59 bits per heavy atom. The van der Waals surface area contributed by atoms with Gasteiger partial charge in [0.1, 0.15) is 5.41 Å². The Kier molecular flexibility index (Phi) is 7.36. The van der Waals surface area contributed by atoms with Gasteiger partial charge in [-0.2, -0.15) is 13.2 Å². The summed E-state index contributed by atoms with van der Waals surface area (Å²) in [4.78, 5) is 31.1. The predicted octanol–water partition coefficient (Wildman–Crippen LogP) is 5.25. The molecule has 0 bridgehead atoms. The van der Waals surface area contributed by atoms with Crippen LogP contribution in [0.15, 0.2) is 84.9 Å². The van der Waals surface area contributed by atoms with Crippen LogP contribution in [0.4, 0.5) is 13.2 Å². The van der Waals surface area contributed by atoms with E-state index in [1.54, 1.807) is 11.0 Å². The Morgan fingerprint density at radius 1 is 0.902 bits per heavy atom. The van der Waals surface area contributed by atoms with Gasteiger partial charge in [-0.25, -0.2) is 0 Å². The average Bonchev–Trinajstić information content (AvgIpc) is 3.64. The molecular weight excluding hydrogens is 527 g/mol. The molecule has 3 aromatic carbocycles. The lowest BCUT2D eigenvalue weighted by Crippen LogP contribution is -2.47. The first-order valence-electron chi connectivity index (χ1n) is 14.3. The molecule has 5 nitrogen and oxygen atoms in total. The summed E-state index contributed by atoms with van der Waals surface area (Å²) in [6.07, 6.45) is -1.90. The summed E-state index contributed by atoms with van der Waals surface area (Å²) in [6, 6.07) is 25.1.